The van der Waals surface area contributed by atoms with Gasteiger partial charge in [-0.2, -0.15) is 0 Å². The minimum absolute atomic E-state index is 0.187. The minimum atomic E-state index is -0.664. The van der Waals surface area contributed by atoms with Crippen LogP contribution in [0.2, 0.25) is 5.02 Å². The summed E-state index contributed by atoms with van der Waals surface area (Å²) in [7, 11) is 1.47. The molecular weight excluding hydrogens is 358 g/mol. The molecule has 1 N–H and O–H groups in total. The smallest absolute Gasteiger partial charge is 0.338 e. The van der Waals surface area contributed by atoms with Crippen LogP contribution in [0.25, 0.3) is 0 Å². The first-order chi connectivity index (χ1) is 12.0. The van der Waals surface area contributed by atoms with Crippen molar-refractivity contribution < 1.29 is 23.8 Å². The fraction of sp³-hybridized carbons (Fsp3) is 0.579. The second-order valence-electron chi connectivity index (χ2n) is 7.39. The van der Waals surface area contributed by atoms with Crippen molar-refractivity contribution in [1.82, 2.24) is 5.32 Å². The Balaban J connectivity index is 2.79. The molecule has 26 heavy (non-hydrogen) atoms. The van der Waals surface area contributed by atoms with Crippen LogP contribution in [0.15, 0.2) is 12.1 Å². The third kappa shape index (κ3) is 7.52. The van der Waals surface area contributed by atoms with E-state index in [0.717, 1.165) is 6.42 Å². The number of carbonyl (C=O) groups excluding carboxylic acids is 2. The van der Waals surface area contributed by atoms with Gasteiger partial charge in [0, 0.05) is 5.54 Å². The maximum absolute atomic E-state index is 12.2. The van der Waals surface area contributed by atoms with Crippen LogP contribution >= 0.6 is 11.6 Å². The van der Waals surface area contributed by atoms with Crippen molar-refractivity contribution in [3.63, 3.8) is 0 Å². The molecule has 6 nitrogen and oxygen atoms in total. The second-order valence-corrected chi connectivity index (χ2v) is 7.80. The molecule has 0 atom stereocenters. The van der Waals surface area contributed by atoms with Gasteiger partial charge in [0.15, 0.2) is 18.1 Å². The predicted octanol–water partition coefficient (Wildman–Crippen LogP) is 3.85. The molecule has 7 heteroatoms. The molecule has 0 aliphatic carbocycles. The average Bonchev–Trinajstić information content (AvgIpc) is 2.51. The van der Waals surface area contributed by atoms with Crippen LogP contribution in [0.5, 0.6) is 11.5 Å². The Hall–Kier alpha value is -1.95. The maximum Gasteiger partial charge on any atom is 0.338 e. The van der Waals surface area contributed by atoms with Gasteiger partial charge in [0.2, 0.25) is 0 Å². The lowest BCUT2D eigenvalue weighted by Crippen LogP contribution is -2.42. The van der Waals surface area contributed by atoms with E-state index in [1.165, 1.54) is 19.2 Å². The molecule has 0 saturated heterocycles. The Morgan fingerprint density at radius 2 is 1.88 bits per heavy atom. The molecule has 0 aliphatic heterocycles. The third-order valence-corrected chi connectivity index (χ3v) is 3.54. The van der Waals surface area contributed by atoms with Gasteiger partial charge in [-0.05, 0) is 45.2 Å². The molecule has 1 rings (SSSR count). The second kappa shape index (κ2) is 9.67. The van der Waals surface area contributed by atoms with Gasteiger partial charge in [0.25, 0.3) is 5.91 Å². The molecule has 146 valence electrons. The number of hydrogen-bond donors (Lipinski definition) is 1. The van der Waals surface area contributed by atoms with Crippen LogP contribution in [0.3, 0.4) is 0 Å². The predicted molar refractivity (Wildman–Crippen MR) is 101 cm³/mol. The molecule has 0 radical (unpaired) electrons. The summed E-state index contributed by atoms with van der Waals surface area (Å²) in [5, 5.41) is 2.96. The number of methoxy groups -OCH3 is 1. The largest absolute Gasteiger partial charge is 0.493 e. The van der Waals surface area contributed by atoms with Gasteiger partial charge < -0.3 is 19.5 Å². The number of nitrogens with one attached hydrogen (secondary N) is 1. The molecule has 1 aromatic rings. The van der Waals surface area contributed by atoms with Gasteiger partial charge in [-0.1, -0.05) is 25.4 Å². The van der Waals surface area contributed by atoms with E-state index in [-0.39, 0.29) is 23.1 Å². The molecule has 1 aromatic carbocycles. The van der Waals surface area contributed by atoms with Crippen molar-refractivity contribution in [1.29, 1.82) is 0 Å². The number of halogens is 1. The minimum Gasteiger partial charge on any atom is -0.493 e. The third-order valence-electron chi connectivity index (χ3n) is 3.26. The normalized spacial score (nSPS) is 11.2. The fourth-order valence-electron chi connectivity index (χ4n) is 2.04. The van der Waals surface area contributed by atoms with Crippen LogP contribution in [-0.4, -0.2) is 37.7 Å². The van der Waals surface area contributed by atoms with E-state index in [1.54, 1.807) is 0 Å². The van der Waals surface area contributed by atoms with Gasteiger partial charge in [-0.15, -0.1) is 0 Å². The number of carbonyl (C=O) groups is 2. The first-order valence-corrected chi connectivity index (χ1v) is 8.89. The molecule has 0 unspecified atom stereocenters. The highest BCUT2D eigenvalue weighted by Gasteiger charge is 2.19. The molecule has 0 saturated carbocycles. The average molecular weight is 386 g/mol. The quantitative estimate of drug-likeness (QED) is 0.688. The number of amides is 1. The lowest BCUT2D eigenvalue weighted by Gasteiger charge is -2.20. The van der Waals surface area contributed by atoms with E-state index in [4.69, 9.17) is 25.8 Å². The standard InChI is InChI=1S/C19H28ClNO5/c1-12(2)7-8-25-17-14(20)9-13(10-15(17)24-6)18(23)26-11-16(22)21-19(3,4)5/h9-10,12H,7-8,11H2,1-6H3,(H,21,22). The van der Waals surface area contributed by atoms with Gasteiger partial charge in [-0.25, -0.2) is 4.79 Å². The lowest BCUT2D eigenvalue weighted by molar-refractivity contribution is -0.125. The maximum atomic E-state index is 12.2. The molecule has 1 amide bonds. The number of benzene rings is 1. The zero-order chi connectivity index (χ0) is 19.9. The van der Waals surface area contributed by atoms with Crippen LogP contribution < -0.4 is 14.8 Å². The van der Waals surface area contributed by atoms with Crippen molar-refractivity contribution in [3.8, 4) is 11.5 Å². The van der Waals surface area contributed by atoms with Crippen molar-refractivity contribution in [2.45, 2.75) is 46.6 Å². The molecule has 0 fully saturated rings. The van der Waals surface area contributed by atoms with E-state index in [1.807, 2.05) is 20.8 Å². The number of ether oxygens (including phenoxy) is 3. The highest BCUT2D eigenvalue weighted by atomic mass is 35.5. The summed E-state index contributed by atoms with van der Waals surface area (Å²) in [5.74, 6) is 0.179. The van der Waals surface area contributed by atoms with Crippen LogP contribution in [-0.2, 0) is 9.53 Å². The van der Waals surface area contributed by atoms with E-state index >= 15 is 0 Å². The first-order valence-electron chi connectivity index (χ1n) is 8.52. The summed E-state index contributed by atoms with van der Waals surface area (Å²) in [6, 6.07) is 2.93. The summed E-state index contributed by atoms with van der Waals surface area (Å²) < 4.78 is 16.0. The van der Waals surface area contributed by atoms with Crippen molar-refractivity contribution in [3.05, 3.63) is 22.7 Å². The molecule has 0 spiro atoms. The van der Waals surface area contributed by atoms with Gasteiger partial charge >= 0.3 is 5.97 Å². The Labute approximate surface area is 160 Å². The Kier molecular flexibility index (Phi) is 8.21. The monoisotopic (exact) mass is 385 g/mol. The Bertz CT molecular complexity index is 638. The van der Waals surface area contributed by atoms with E-state index < -0.39 is 11.5 Å². The highest BCUT2D eigenvalue weighted by Crippen LogP contribution is 2.36. The highest BCUT2D eigenvalue weighted by molar-refractivity contribution is 6.32. The fourth-order valence-corrected chi connectivity index (χ4v) is 2.31. The SMILES string of the molecule is COc1cc(C(=O)OCC(=O)NC(C)(C)C)cc(Cl)c1OCCC(C)C. The summed E-state index contributed by atoms with van der Waals surface area (Å²) >= 11 is 6.23. The molecule has 0 heterocycles. The van der Waals surface area contributed by atoms with E-state index in [2.05, 4.69) is 19.2 Å². The van der Waals surface area contributed by atoms with Crippen LogP contribution in [0, 0.1) is 5.92 Å². The summed E-state index contributed by atoms with van der Waals surface area (Å²) in [6.07, 6.45) is 0.867. The number of rotatable bonds is 8. The van der Waals surface area contributed by atoms with Crippen LogP contribution in [0.1, 0.15) is 51.4 Å². The zero-order valence-electron chi connectivity index (χ0n) is 16.3. The van der Waals surface area contributed by atoms with Crippen molar-refractivity contribution >= 4 is 23.5 Å². The van der Waals surface area contributed by atoms with E-state index in [0.29, 0.717) is 24.0 Å². The number of esters is 1. The Morgan fingerprint density at radius 1 is 1.23 bits per heavy atom. The lowest BCUT2D eigenvalue weighted by atomic mass is 10.1. The topological polar surface area (TPSA) is 73.9 Å². The molecule has 0 aromatic heterocycles. The summed E-state index contributed by atoms with van der Waals surface area (Å²) in [6.45, 7) is 9.83. The summed E-state index contributed by atoms with van der Waals surface area (Å²) in [4.78, 5) is 23.9. The van der Waals surface area contributed by atoms with Crippen molar-refractivity contribution in [2.75, 3.05) is 20.3 Å². The molecule has 0 aliphatic rings. The van der Waals surface area contributed by atoms with Gasteiger partial charge in [-0.3, -0.25) is 4.79 Å². The molecular formula is C19H28ClNO5. The van der Waals surface area contributed by atoms with Gasteiger partial charge in [0.05, 0.1) is 24.3 Å². The molecule has 0 bridgehead atoms. The van der Waals surface area contributed by atoms with E-state index in [9.17, 15) is 9.59 Å². The first kappa shape index (κ1) is 22.1. The Morgan fingerprint density at radius 3 is 2.42 bits per heavy atom. The summed E-state index contributed by atoms with van der Waals surface area (Å²) in [5.41, 5.74) is -0.211. The van der Waals surface area contributed by atoms with Gasteiger partial charge in [0.1, 0.15) is 0 Å². The number of hydrogen-bond acceptors (Lipinski definition) is 5. The zero-order valence-corrected chi connectivity index (χ0v) is 17.0. The van der Waals surface area contributed by atoms with Crippen LogP contribution in [0.4, 0.5) is 0 Å². The van der Waals surface area contributed by atoms with Crippen molar-refractivity contribution in [2.24, 2.45) is 5.92 Å².